The lowest BCUT2D eigenvalue weighted by molar-refractivity contribution is 0.156. The van der Waals surface area contributed by atoms with Gasteiger partial charge in [-0.3, -0.25) is 0 Å². The second-order valence-corrected chi connectivity index (χ2v) is 4.95. The van der Waals surface area contributed by atoms with Crippen molar-refractivity contribution in [2.75, 3.05) is 6.54 Å². The van der Waals surface area contributed by atoms with Crippen molar-refractivity contribution in [1.29, 1.82) is 0 Å². The fourth-order valence-electron chi connectivity index (χ4n) is 3.16. The molecule has 0 heterocycles. The third kappa shape index (κ3) is 1.28. The Morgan fingerprint density at radius 2 is 1.83 bits per heavy atom. The van der Waals surface area contributed by atoms with Crippen LogP contribution in [0, 0.1) is 17.3 Å². The van der Waals surface area contributed by atoms with Gasteiger partial charge in [0.1, 0.15) is 0 Å². The van der Waals surface area contributed by atoms with E-state index in [1.54, 1.807) is 0 Å². The Hall–Kier alpha value is -0.0400. The standard InChI is InChI=1S/C11H21N/c1-9-7-10(9)11(8-12)5-3-2-4-6-11/h9-10H,2-8,12H2,1H3. The van der Waals surface area contributed by atoms with Gasteiger partial charge in [0.15, 0.2) is 0 Å². The normalized spacial score (nSPS) is 39.5. The van der Waals surface area contributed by atoms with E-state index in [4.69, 9.17) is 5.73 Å². The minimum absolute atomic E-state index is 0.581. The first-order valence-electron chi connectivity index (χ1n) is 5.48. The molecule has 70 valence electrons. The van der Waals surface area contributed by atoms with Gasteiger partial charge in [0, 0.05) is 0 Å². The van der Waals surface area contributed by atoms with E-state index < -0.39 is 0 Å². The quantitative estimate of drug-likeness (QED) is 0.672. The highest BCUT2D eigenvalue weighted by molar-refractivity contribution is 5.00. The van der Waals surface area contributed by atoms with E-state index in [0.29, 0.717) is 5.41 Å². The summed E-state index contributed by atoms with van der Waals surface area (Å²) < 4.78 is 0. The van der Waals surface area contributed by atoms with Crippen molar-refractivity contribution in [1.82, 2.24) is 0 Å². The lowest BCUT2D eigenvalue weighted by atomic mass is 9.70. The fourth-order valence-corrected chi connectivity index (χ4v) is 3.16. The van der Waals surface area contributed by atoms with Crippen molar-refractivity contribution in [2.24, 2.45) is 23.0 Å². The summed E-state index contributed by atoms with van der Waals surface area (Å²) >= 11 is 0. The molecule has 2 atom stereocenters. The molecule has 2 unspecified atom stereocenters. The van der Waals surface area contributed by atoms with Gasteiger partial charge in [0.05, 0.1) is 0 Å². The molecular weight excluding hydrogens is 146 g/mol. The summed E-state index contributed by atoms with van der Waals surface area (Å²) in [6.45, 7) is 3.33. The van der Waals surface area contributed by atoms with Crippen molar-refractivity contribution in [2.45, 2.75) is 45.4 Å². The van der Waals surface area contributed by atoms with Crippen LogP contribution in [0.4, 0.5) is 0 Å². The molecule has 0 aromatic carbocycles. The van der Waals surface area contributed by atoms with Crippen LogP contribution in [0.5, 0.6) is 0 Å². The lowest BCUT2D eigenvalue weighted by Gasteiger charge is -2.37. The van der Waals surface area contributed by atoms with E-state index in [2.05, 4.69) is 6.92 Å². The van der Waals surface area contributed by atoms with E-state index in [-0.39, 0.29) is 0 Å². The zero-order valence-electron chi connectivity index (χ0n) is 8.18. The monoisotopic (exact) mass is 167 g/mol. The van der Waals surface area contributed by atoms with E-state index in [1.807, 2.05) is 0 Å². The topological polar surface area (TPSA) is 26.0 Å². The SMILES string of the molecule is CC1CC1C1(CN)CCCCC1. The molecule has 0 aliphatic heterocycles. The largest absolute Gasteiger partial charge is 0.330 e. The van der Waals surface area contributed by atoms with Gasteiger partial charge in [0.25, 0.3) is 0 Å². The average Bonchev–Trinajstić information content (AvgIpc) is 2.85. The van der Waals surface area contributed by atoms with Gasteiger partial charge in [-0.15, -0.1) is 0 Å². The van der Waals surface area contributed by atoms with Crippen LogP contribution in [-0.2, 0) is 0 Å². The Bertz CT molecular complexity index is 158. The third-order valence-corrected chi connectivity index (χ3v) is 4.15. The highest BCUT2D eigenvalue weighted by atomic mass is 14.7. The van der Waals surface area contributed by atoms with E-state index in [0.717, 1.165) is 18.4 Å². The summed E-state index contributed by atoms with van der Waals surface area (Å²) in [5.74, 6) is 1.97. The maximum absolute atomic E-state index is 5.94. The lowest BCUT2D eigenvalue weighted by Crippen LogP contribution is -2.35. The molecule has 0 aromatic rings. The first-order chi connectivity index (χ1) is 5.78. The van der Waals surface area contributed by atoms with E-state index >= 15 is 0 Å². The maximum atomic E-state index is 5.94. The third-order valence-electron chi connectivity index (χ3n) is 4.15. The number of nitrogens with two attached hydrogens (primary N) is 1. The summed E-state index contributed by atoms with van der Waals surface area (Å²) in [5.41, 5.74) is 6.52. The van der Waals surface area contributed by atoms with Crippen LogP contribution >= 0.6 is 0 Å². The molecule has 2 aliphatic carbocycles. The molecule has 2 saturated carbocycles. The van der Waals surface area contributed by atoms with Gasteiger partial charge in [0.2, 0.25) is 0 Å². The second kappa shape index (κ2) is 3.02. The molecule has 2 fully saturated rings. The molecule has 0 radical (unpaired) electrons. The fraction of sp³-hybridized carbons (Fsp3) is 1.00. The zero-order chi connectivity index (χ0) is 8.60. The van der Waals surface area contributed by atoms with Crippen molar-refractivity contribution < 1.29 is 0 Å². The second-order valence-electron chi connectivity index (χ2n) is 4.95. The molecule has 0 aromatic heterocycles. The van der Waals surface area contributed by atoms with Crippen molar-refractivity contribution in [3.05, 3.63) is 0 Å². The predicted molar refractivity (Wildman–Crippen MR) is 51.8 cm³/mol. The van der Waals surface area contributed by atoms with Gasteiger partial charge in [-0.05, 0) is 43.1 Å². The van der Waals surface area contributed by atoms with Gasteiger partial charge in [-0.2, -0.15) is 0 Å². The molecule has 1 nitrogen and oxygen atoms in total. The Labute approximate surface area is 75.7 Å². The van der Waals surface area contributed by atoms with Crippen LogP contribution in [-0.4, -0.2) is 6.54 Å². The highest BCUT2D eigenvalue weighted by Gasteiger charge is 2.49. The van der Waals surface area contributed by atoms with Crippen LogP contribution in [0.2, 0.25) is 0 Å². The molecule has 0 saturated heterocycles. The smallest absolute Gasteiger partial charge is 0.00178 e. The number of hydrogen-bond acceptors (Lipinski definition) is 1. The van der Waals surface area contributed by atoms with E-state index in [9.17, 15) is 0 Å². The van der Waals surface area contributed by atoms with Crippen LogP contribution < -0.4 is 5.73 Å². The van der Waals surface area contributed by atoms with Gasteiger partial charge < -0.3 is 5.73 Å². The molecular formula is C11H21N. The maximum Gasteiger partial charge on any atom is -0.00178 e. The zero-order valence-corrected chi connectivity index (χ0v) is 8.18. The molecule has 2 aliphatic rings. The highest BCUT2D eigenvalue weighted by Crippen LogP contribution is 2.56. The summed E-state index contributed by atoms with van der Waals surface area (Å²) in [5, 5.41) is 0. The summed E-state index contributed by atoms with van der Waals surface area (Å²) in [6, 6.07) is 0. The molecule has 0 bridgehead atoms. The molecule has 0 amide bonds. The molecule has 12 heavy (non-hydrogen) atoms. The van der Waals surface area contributed by atoms with Crippen molar-refractivity contribution in [3.63, 3.8) is 0 Å². The number of hydrogen-bond donors (Lipinski definition) is 1. The van der Waals surface area contributed by atoms with Crippen molar-refractivity contribution >= 4 is 0 Å². The minimum Gasteiger partial charge on any atom is -0.330 e. The first kappa shape index (κ1) is 8.55. The summed E-state index contributed by atoms with van der Waals surface area (Å²) in [7, 11) is 0. The van der Waals surface area contributed by atoms with Gasteiger partial charge >= 0.3 is 0 Å². The Morgan fingerprint density at radius 3 is 2.25 bits per heavy atom. The Morgan fingerprint density at radius 1 is 1.25 bits per heavy atom. The van der Waals surface area contributed by atoms with Gasteiger partial charge in [-0.1, -0.05) is 26.2 Å². The molecule has 0 spiro atoms. The van der Waals surface area contributed by atoms with E-state index in [1.165, 1.54) is 38.5 Å². The van der Waals surface area contributed by atoms with Crippen LogP contribution in [0.25, 0.3) is 0 Å². The summed E-state index contributed by atoms with van der Waals surface area (Å²) in [6.07, 6.45) is 8.60. The average molecular weight is 167 g/mol. The number of rotatable bonds is 2. The molecule has 1 heteroatoms. The van der Waals surface area contributed by atoms with Crippen molar-refractivity contribution in [3.8, 4) is 0 Å². The Balaban J connectivity index is 2.02. The Kier molecular flexibility index (Phi) is 2.16. The minimum atomic E-state index is 0.581. The molecule has 2 N–H and O–H groups in total. The predicted octanol–water partition coefficient (Wildman–Crippen LogP) is 2.55. The van der Waals surface area contributed by atoms with Gasteiger partial charge in [-0.25, -0.2) is 0 Å². The first-order valence-corrected chi connectivity index (χ1v) is 5.48. The van der Waals surface area contributed by atoms with Crippen LogP contribution in [0.1, 0.15) is 45.4 Å². The van der Waals surface area contributed by atoms with Crippen LogP contribution in [0.15, 0.2) is 0 Å². The molecule has 2 rings (SSSR count). The summed E-state index contributed by atoms with van der Waals surface area (Å²) in [4.78, 5) is 0. The van der Waals surface area contributed by atoms with Crippen LogP contribution in [0.3, 0.4) is 0 Å².